The molecule has 3 aliphatic heterocycles. The van der Waals surface area contributed by atoms with Gasteiger partial charge >= 0.3 is 0 Å². The number of amides is 2. The Kier molecular flexibility index (Phi) is 9.02. The molecule has 0 aliphatic carbocycles. The van der Waals surface area contributed by atoms with Gasteiger partial charge in [0.05, 0.1) is 19.9 Å². The lowest BCUT2D eigenvalue weighted by molar-refractivity contribution is -0.141. The Hall–Kier alpha value is -3.13. The van der Waals surface area contributed by atoms with Crippen molar-refractivity contribution in [3.05, 3.63) is 53.3 Å². The number of hydrogen-bond acceptors (Lipinski definition) is 6. The van der Waals surface area contributed by atoms with Crippen LogP contribution >= 0.6 is 0 Å². The Labute approximate surface area is 232 Å². The van der Waals surface area contributed by atoms with E-state index in [1.807, 2.05) is 24.4 Å². The molecule has 1 aromatic heterocycles. The number of benzene rings is 1. The van der Waals surface area contributed by atoms with E-state index in [2.05, 4.69) is 32.2 Å². The van der Waals surface area contributed by atoms with Crippen LogP contribution in [0, 0.1) is 11.8 Å². The number of nitrogens with one attached hydrogen (secondary N) is 1. The molecule has 39 heavy (non-hydrogen) atoms. The van der Waals surface area contributed by atoms with E-state index < -0.39 is 0 Å². The fraction of sp³-hybridized carbons (Fsp3) is 0.581. The maximum absolute atomic E-state index is 13.7. The van der Waals surface area contributed by atoms with Crippen molar-refractivity contribution in [2.45, 2.75) is 64.0 Å². The summed E-state index contributed by atoms with van der Waals surface area (Å²) in [4.78, 5) is 35.6. The van der Waals surface area contributed by atoms with Crippen LogP contribution in [0.25, 0.3) is 0 Å². The van der Waals surface area contributed by atoms with E-state index in [4.69, 9.17) is 9.47 Å². The molecule has 8 heteroatoms. The van der Waals surface area contributed by atoms with E-state index in [1.165, 1.54) is 0 Å². The Morgan fingerprint density at radius 2 is 1.90 bits per heavy atom. The SMILES string of the molecule is COc1cc2cc(c1OC)CCCNC(=O)CCC[C@H]1[C@@H]3C[C@@H](CN(Cc4ccccn4)C3)CN1C(=O)CC2. The highest BCUT2D eigenvalue weighted by Crippen LogP contribution is 2.37. The highest BCUT2D eigenvalue weighted by atomic mass is 16.5. The van der Waals surface area contributed by atoms with Gasteiger partial charge in [-0.05, 0) is 79.7 Å². The molecule has 0 unspecified atom stereocenters. The summed E-state index contributed by atoms with van der Waals surface area (Å²) in [5, 5.41) is 3.09. The number of aromatic nitrogens is 1. The van der Waals surface area contributed by atoms with Gasteiger partial charge in [0.2, 0.25) is 11.8 Å². The van der Waals surface area contributed by atoms with E-state index in [0.717, 1.165) is 80.9 Å². The lowest BCUT2D eigenvalue weighted by atomic mass is 9.77. The number of carbonyl (C=O) groups is 2. The highest BCUT2D eigenvalue weighted by Gasteiger charge is 2.42. The zero-order valence-electron chi connectivity index (χ0n) is 23.4. The number of rotatable bonds is 4. The number of aryl methyl sites for hydroxylation is 2. The molecule has 2 amide bonds. The summed E-state index contributed by atoms with van der Waals surface area (Å²) in [7, 11) is 3.31. The van der Waals surface area contributed by atoms with Crippen molar-refractivity contribution in [1.82, 2.24) is 20.1 Å². The molecule has 1 N–H and O–H groups in total. The molecular weight excluding hydrogens is 492 g/mol. The normalized spacial score (nSPS) is 25.0. The number of ether oxygens (including phenoxy) is 2. The van der Waals surface area contributed by atoms with Gasteiger partial charge in [-0.25, -0.2) is 0 Å². The van der Waals surface area contributed by atoms with E-state index in [0.29, 0.717) is 43.4 Å². The average Bonchev–Trinajstić information content (AvgIpc) is 2.94. The minimum absolute atomic E-state index is 0.0902. The second-order valence-electron chi connectivity index (χ2n) is 11.3. The highest BCUT2D eigenvalue weighted by molar-refractivity contribution is 5.77. The van der Waals surface area contributed by atoms with Gasteiger partial charge in [0.1, 0.15) is 0 Å². The molecule has 4 bridgehead atoms. The summed E-state index contributed by atoms with van der Waals surface area (Å²) >= 11 is 0. The number of carbonyl (C=O) groups excluding carboxylic acids is 2. The zero-order chi connectivity index (χ0) is 27.2. The van der Waals surface area contributed by atoms with Crippen LogP contribution in [0.5, 0.6) is 11.5 Å². The molecule has 0 spiro atoms. The third kappa shape index (κ3) is 6.72. The molecule has 3 aliphatic rings. The second-order valence-corrected chi connectivity index (χ2v) is 11.3. The first kappa shape index (κ1) is 27.4. The number of hydrogen-bond donors (Lipinski definition) is 1. The van der Waals surface area contributed by atoms with Crippen molar-refractivity contribution < 1.29 is 19.1 Å². The summed E-state index contributed by atoms with van der Waals surface area (Å²) in [6.07, 6.45) is 7.91. The van der Waals surface area contributed by atoms with E-state index >= 15 is 0 Å². The minimum Gasteiger partial charge on any atom is -0.493 e. The van der Waals surface area contributed by atoms with Crippen molar-refractivity contribution in [1.29, 1.82) is 0 Å². The molecular formula is C31H42N4O4. The van der Waals surface area contributed by atoms with Gasteiger partial charge in [-0.3, -0.25) is 19.5 Å². The number of likely N-dealkylation sites (tertiary alicyclic amines) is 1. The topological polar surface area (TPSA) is 84.0 Å². The minimum atomic E-state index is 0.0902. The van der Waals surface area contributed by atoms with E-state index in [1.54, 1.807) is 14.2 Å². The van der Waals surface area contributed by atoms with Crippen LogP contribution in [0.15, 0.2) is 36.5 Å². The van der Waals surface area contributed by atoms with Gasteiger partial charge in [0.15, 0.2) is 11.5 Å². The molecule has 2 fully saturated rings. The fourth-order valence-corrected chi connectivity index (χ4v) is 6.85. The van der Waals surface area contributed by atoms with Gasteiger partial charge < -0.3 is 19.7 Å². The maximum atomic E-state index is 13.7. The van der Waals surface area contributed by atoms with Gasteiger partial charge in [0, 0.05) is 57.8 Å². The Morgan fingerprint density at radius 3 is 2.69 bits per heavy atom. The van der Waals surface area contributed by atoms with Gasteiger partial charge in [-0.15, -0.1) is 0 Å². The number of fused-ring (bicyclic) bond motifs is 6. The summed E-state index contributed by atoms with van der Waals surface area (Å²) in [6.45, 7) is 4.23. The third-order valence-electron chi connectivity index (χ3n) is 8.57. The predicted octanol–water partition coefficient (Wildman–Crippen LogP) is 3.61. The molecule has 5 rings (SSSR count). The second kappa shape index (κ2) is 12.8. The van der Waals surface area contributed by atoms with Crippen LogP contribution < -0.4 is 14.8 Å². The molecule has 2 aromatic rings. The predicted molar refractivity (Wildman–Crippen MR) is 150 cm³/mol. The first-order chi connectivity index (χ1) is 19.0. The Bertz CT molecular complexity index is 1140. The van der Waals surface area contributed by atoms with Crippen molar-refractivity contribution in [2.75, 3.05) is 40.4 Å². The van der Waals surface area contributed by atoms with Crippen LogP contribution in [-0.4, -0.2) is 73.0 Å². The standard InChI is InChI=1S/C31H42N4O4/c1-38-28-17-22-11-12-30(37)35-19-23-16-25(20-34(18-23)21-26-8-3-4-13-32-26)27(35)9-5-10-29(36)33-14-6-7-24(15-22)31(28)39-2/h3-4,8,13,15,17,23,25,27H,5-7,9-12,14,16,18-21H2,1-2H3,(H,33,36)/t23-,25+,27-/m0/s1. The van der Waals surface area contributed by atoms with Crippen molar-refractivity contribution >= 4 is 11.8 Å². The number of piperidine rings is 2. The Balaban J connectivity index is 1.35. The molecule has 8 nitrogen and oxygen atoms in total. The van der Waals surface area contributed by atoms with E-state index in [9.17, 15) is 9.59 Å². The lowest BCUT2D eigenvalue weighted by Gasteiger charge is -2.51. The van der Waals surface area contributed by atoms with E-state index in [-0.39, 0.29) is 17.9 Å². The van der Waals surface area contributed by atoms with Gasteiger partial charge in [0.25, 0.3) is 0 Å². The van der Waals surface area contributed by atoms with Crippen LogP contribution in [0.3, 0.4) is 0 Å². The Morgan fingerprint density at radius 1 is 1.00 bits per heavy atom. The lowest BCUT2D eigenvalue weighted by Crippen LogP contribution is -2.59. The molecule has 1 aromatic carbocycles. The van der Waals surface area contributed by atoms with Gasteiger partial charge in [-0.2, -0.15) is 0 Å². The van der Waals surface area contributed by atoms with Crippen molar-refractivity contribution in [3.63, 3.8) is 0 Å². The fourth-order valence-electron chi connectivity index (χ4n) is 6.85. The van der Waals surface area contributed by atoms with Gasteiger partial charge in [-0.1, -0.05) is 12.1 Å². The molecule has 0 saturated carbocycles. The summed E-state index contributed by atoms with van der Waals surface area (Å²) in [6, 6.07) is 10.4. The molecule has 3 atom stereocenters. The van der Waals surface area contributed by atoms with Crippen molar-refractivity contribution in [3.8, 4) is 11.5 Å². The quantitative estimate of drug-likeness (QED) is 0.645. The maximum Gasteiger partial charge on any atom is 0.223 e. The number of methoxy groups -OCH3 is 2. The van der Waals surface area contributed by atoms with Crippen LogP contribution in [0.4, 0.5) is 0 Å². The molecule has 210 valence electrons. The molecule has 0 radical (unpaired) electrons. The first-order valence-corrected chi connectivity index (χ1v) is 14.5. The number of nitrogens with zero attached hydrogens (tertiary/aromatic N) is 3. The first-order valence-electron chi connectivity index (χ1n) is 14.5. The average molecular weight is 535 g/mol. The van der Waals surface area contributed by atoms with Crippen LogP contribution in [0.2, 0.25) is 0 Å². The van der Waals surface area contributed by atoms with Crippen molar-refractivity contribution in [2.24, 2.45) is 11.8 Å². The summed E-state index contributed by atoms with van der Waals surface area (Å²) in [5.41, 5.74) is 3.23. The third-order valence-corrected chi connectivity index (χ3v) is 8.57. The molecule has 4 heterocycles. The molecule has 2 saturated heterocycles. The summed E-state index contributed by atoms with van der Waals surface area (Å²) < 4.78 is 11.3. The largest absolute Gasteiger partial charge is 0.493 e. The monoisotopic (exact) mass is 534 g/mol. The zero-order valence-corrected chi connectivity index (χ0v) is 23.4. The summed E-state index contributed by atoms with van der Waals surface area (Å²) in [5.74, 6) is 2.63. The van der Waals surface area contributed by atoms with Crippen LogP contribution in [0.1, 0.15) is 55.3 Å². The smallest absolute Gasteiger partial charge is 0.223 e. The number of pyridine rings is 1. The van der Waals surface area contributed by atoms with Crippen LogP contribution in [-0.2, 0) is 29.0 Å².